The first-order valence-corrected chi connectivity index (χ1v) is 9.44. The number of carbonyl (C=O) groups excluding carboxylic acids is 2. The van der Waals surface area contributed by atoms with E-state index in [1.807, 2.05) is 17.5 Å². The summed E-state index contributed by atoms with van der Waals surface area (Å²) >= 11 is 1.52. The highest BCUT2D eigenvalue weighted by atomic mass is 32.1. The van der Waals surface area contributed by atoms with Gasteiger partial charge in [-0.1, -0.05) is 42.0 Å². The molecule has 3 aromatic rings. The number of thiazole rings is 1. The summed E-state index contributed by atoms with van der Waals surface area (Å²) in [6.45, 7) is 5.70. The summed E-state index contributed by atoms with van der Waals surface area (Å²) in [5.41, 5.74) is 6.01. The Morgan fingerprint density at radius 2 is 1.73 bits per heavy atom. The normalized spacial score (nSPS) is 10.7. The molecule has 0 aliphatic heterocycles. The number of rotatable bonds is 6. The quantitative estimate of drug-likeness (QED) is 0.580. The van der Waals surface area contributed by atoms with Crippen molar-refractivity contribution < 1.29 is 9.59 Å². The molecule has 0 N–H and O–H groups in total. The van der Waals surface area contributed by atoms with Crippen LogP contribution >= 0.6 is 11.3 Å². The first kappa shape index (κ1) is 18.2. The average molecular weight is 363 g/mol. The van der Waals surface area contributed by atoms with Crippen molar-refractivity contribution in [2.75, 3.05) is 0 Å². The third-order valence-corrected chi connectivity index (χ3v) is 5.11. The second-order valence-electron chi connectivity index (χ2n) is 6.62. The molecule has 3 rings (SSSR count). The van der Waals surface area contributed by atoms with Crippen molar-refractivity contribution in [2.45, 2.75) is 33.6 Å². The van der Waals surface area contributed by atoms with Crippen molar-refractivity contribution in [3.63, 3.8) is 0 Å². The Morgan fingerprint density at radius 1 is 1.00 bits per heavy atom. The minimum Gasteiger partial charge on any atom is -0.300 e. The van der Waals surface area contributed by atoms with Crippen LogP contribution in [0.2, 0.25) is 0 Å². The monoisotopic (exact) mass is 363 g/mol. The maximum atomic E-state index is 12.5. The molecule has 0 amide bonds. The molecule has 0 aliphatic carbocycles. The number of Topliss-reactive ketones (excluding diaryl/α,β-unsaturated/α-hetero) is 2. The number of aryl methyl sites for hydroxylation is 2. The molecule has 0 aliphatic rings. The summed E-state index contributed by atoms with van der Waals surface area (Å²) < 4.78 is 0. The second-order valence-corrected chi connectivity index (χ2v) is 7.56. The maximum Gasteiger partial charge on any atom is 0.169 e. The maximum absolute atomic E-state index is 12.5. The van der Waals surface area contributed by atoms with Crippen LogP contribution in [0.25, 0.3) is 11.3 Å². The van der Waals surface area contributed by atoms with Crippen LogP contribution in [0.15, 0.2) is 47.8 Å². The van der Waals surface area contributed by atoms with Crippen LogP contribution < -0.4 is 0 Å². The zero-order chi connectivity index (χ0) is 18.7. The fourth-order valence-corrected chi connectivity index (χ4v) is 3.66. The van der Waals surface area contributed by atoms with E-state index in [-0.39, 0.29) is 11.6 Å². The molecule has 0 saturated carbocycles. The lowest BCUT2D eigenvalue weighted by atomic mass is 10.0. The summed E-state index contributed by atoms with van der Waals surface area (Å²) in [6.07, 6.45) is 0.696. The Bertz CT molecular complexity index is 955. The van der Waals surface area contributed by atoms with Gasteiger partial charge in [0.1, 0.15) is 10.8 Å². The molecule has 0 fully saturated rings. The molecule has 4 heteroatoms. The summed E-state index contributed by atoms with van der Waals surface area (Å²) in [4.78, 5) is 28.3. The Hall–Kier alpha value is -2.59. The first-order chi connectivity index (χ1) is 12.4. The Kier molecular flexibility index (Phi) is 5.43. The van der Waals surface area contributed by atoms with Gasteiger partial charge in [-0.2, -0.15) is 0 Å². The molecule has 2 aromatic carbocycles. The molecule has 1 aromatic heterocycles. The molecule has 132 valence electrons. The number of carbonyl (C=O) groups is 2. The summed E-state index contributed by atoms with van der Waals surface area (Å²) in [5, 5.41) is 2.83. The van der Waals surface area contributed by atoms with Crippen LogP contribution in [-0.4, -0.2) is 16.6 Å². The smallest absolute Gasteiger partial charge is 0.169 e. The van der Waals surface area contributed by atoms with Crippen LogP contribution in [0.5, 0.6) is 0 Å². The molecular weight excluding hydrogens is 342 g/mol. The minimum atomic E-state index is 0.0428. The molecular formula is C22H21NO2S. The van der Waals surface area contributed by atoms with Gasteiger partial charge >= 0.3 is 0 Å². The van der Waals surface area contributed by atoms with Crippen molar-refractivity contribution in [1.82, 2.24) is 4.98 Å². The summed E-state index contributed by atoms with van der Waals surface area (Å²) in [6, 6.07) is 13.6. The highest BCUT2D eigenvalue weighted by Crippen LogP contribution is 2.26. The van der Waals surface area contributed by atoms with E-state index in [0.717, 1.165) is 21.8 Å². The van der Waals surface area contributed by atoms with E-state index in [9.17, 15) is 9.59 Å². The van der Waals surface area contributed by atoms with E-state index in [1.165, 1.54) is 22.5 Å². The van der Waals surface area contributed by atoms with Gasteiger partial charge in [-0.05, 0) is 38.0 Å². The van der Waals surface area contributed by atoms with Gasteiger partial charge in [0.15, 0.2) is 5.78 Å². The molecule has 0 bridgehead atoms. The van der Waals surface area contributed by atoms with Crippen LogP contribution in [0.1, 0.15) is 39.0 Å². The molecule has 0 unspecified atom stereocenters. The number of hydrogen-bond acceptors (Lipinski definition) is 4. The molecule has 0 saturated heterocycles. The van der Waals surface area contributed by atoms with Gasteiger partial charge in [0, 0.05) is 22.9 Å². The highest BCUT2D eigenvalue weighted by Gasteiger charge is 2.12. The summed E-state index contributed by atoms with van der Waals surface area (Å²) in [7, 11) is 0. The van der Waals surface area contributed by atoms with E-state index in [4.69, 9.17) is 0 Å². The van der Waals surface area contributed by atoms with Gasteiger partial charge in [-0.25, -0.2) is 4.98 Å². The van der Waals surface area contributed by atoms with E-state index in [1.54, 1.807) is 19.1 Å². The third kappa shape index (κ3) is 4.33. The van der Waals surface area contributed by atoms with Gasteiger partial charge < -0.3 is 0 Å². The van der Waals surface area contributed by atoms with E-state index >= 15 is 0 Å². The van der Waals surface area contributed by atoms with Crippen molar-refractivity contribution in [3.05, 3.63) is 75.1 Å². The second kappa shape index (κ2) is 7.75. The van der Waals surface area contributed by atoms with Crippen LogP contribution in [-0.2, 0) is 17.6 Å². The lowest BCUT2D eigenvalue weighted by Gasteiger charge is -2.04. The fraction of sp³-hybridized carbons (Fsp3) is 0.227. The molecule has 1 heterocycles. The van der Waals surface area contributed by atoms with Gasteiger partial charge in [-0.3, -0.25) is 9.59 Å². The number of hydrogen-bond donors (Lipinski definition) is 0. The Labute approximate surface area is 157 Å². The van der Waals surface area contributed by atoms with Crippen LogP contribution in [0, 0.1) is 13.8 Å². The number of nitrogens with zero attached hydrogens (tertiary/aromatic N) is 1. The van der Waals surface area contributed by atoms with Crippen LogP contribution in [0.3, 0.4) is 0 Å². The van der Waals surface area contributed by atoms with Crippen LogP contribution in [0.4, 0.5) is 0 Å². The van der Waals surface area contributed by atoms with E-state index in [2.05, 4.69) is 37.0 Å². The highest BCUT2D eigenvalue weighted by molar-refractivity contribution is 7.10. The topological polar surface area (TPSA) is 47.0 Å². The van der Waals surface area contributed by atoms with Gasteiger partial charge in [0.25, 0.3) is 0 Å². The molecule has 3 nitrogen and oxygen atoms in total. The predicted molar refractivity (Wildman–Crippen MR) is 106 cm³/mol. The van der Waals surface area contributed by atoms with E-state index in [0.29, 0.717) is 18.4 Å². The standard InChI is InChI=1S/C22H21NO2S/c1-14-4-5-15(2)19(10-14)20-13-26-22(23-20)12-21(25)18-8-6-17(7-9-18)11-16(3)24/h4-10,13H,11-12H2,1-3H3. The third-order valence-electron chi connectivity index (χ3n) is 4.26. The summed E-state index contributed by atoms with van der Waals surface area (Å²) in [5.74, 6) is 0.159. The van der Waals surface area contributed by atoms with Gasteiger partial charge in [-0.15, -0.1) is 11.3 Å². The first-order valence-electron chi connectivity index (χ1n) is 8.56. The number of aromatic nitrogens is 1. The fourth-order valence-electron chi connectivity index (χ4n) is 2.86. The molecule has 0 spiro atoms. The lowest BCUT2D eigenvalue weighted by Crippen LogP contribution is -2.04. The Balaban J connectivity index is 1.73. The van der Waals surface area contributed by atoms with Crippen molar-refractivity contribution in [1.29, 1.82) is 0 Å². The zero-order valence-corrected chi connectivity index (χ0v) is 16.0. The molecule has 26 heavy (non-hydrogen) atoms. The average Bonchev–Trinajstić information content (AvgIpc) is 3.05. The molecule has 0 atom stereocenters. The van der Waals surface area contributed by atoms with E-state index < -0.39 is 0 Å². The van der Waals surface area contributed by atoms with Crippen molar-refractivity contribution in [3.8, 4) is 11.3 Å². The zero-order valence-electron chi connectivity index (χ0n) is 15.2. The SMILES string of the molecule is CC(=O)Cc1ccc(C(=O)Cc2nc(-c3cc(C)ccc3C)cs2)cc1. The lowest BCUT2D eigenvalue weighted by molar-refractivity contribution is -0.116. The Morgan fingerprint density at radius 3 is 2.42 bits per heavy atom. The minimum absolute atomic E-state index is 0.0428. The largest absolute Gasteiger partial charge is 0.300 e. The predicted octanol–water partition coefficient (Wildman–Crippen LogP) is 4.98. The number of ketones is 2. The molecule has 0 radical (unpaired) electrons. The number of benzene rings is 2. The van der Waals surface area contributed by atoms with Crippen molar-refractivity contribution in [2.24, 2.45) is 0 Å². The van der Waals surface area contributed by atoms with Crippen molar-refractivity contribution >= 4 is 22.9 Å². The van der Waals surface area contributed by atoms with Gasteiger partial charge in [0.2, 0.25) is 0 Å². The van der Waals surface area contributed by atoms with Gasteiger partial charge in [0.05, 0.1) is 12.1 Å².